The lowest BCUT2D eigenvalue weighted by atomic mass is 9.96. The third kappa shape index (κ3) is 4.39. The number of aromatic nitrogens is 2. The molecule has 2 aliphatic rings. The molecule has 0 amide bonds. The highest BCUT2D eigenvalue weighted by molar-refractivity contribution is 5.63. The van der Waals surface area contributed by atoms with Gasteiger partial charge in [-0.3, -0.25) is 0 Å². The summed E-state index contributed by atoms with van der Waals surface area (Å²) in [6.07, 6.45) is 3.70. The third-order valence-electron chi connectivity index (χ3n) is 5.58. The van der Waals surface area contributed by atoms with Crippen molar-refractivity contribution in [3.63, 3.8) is 0 Å². The highest BCUT2D eigenvalue weighted by Gasteiger charge is 2.33. The fourth-order valence-electron chi connectivity index (χ4n) is 3.83. The van der Waals surface area contributed by atoms with Crippen molar-refractivity contribution in [3.8, 4) is 0 Å². The molecule has 0 atom stereocenters. The fourth-order valence-corrected chi connectivity index (χ4v) is 3.83. The second kappa shape index (κ2) is 7.60. The summed E-state index contributed by atoms with van der Waals surface area (Å²) in [6.45, 7) is 1.48. The first kappa shape index (κ1) is 19.0. The molecule has 0 spiro atoms. The Kier molecular flexibility index (Phi) is 5.17. The Morgan fingerprint density at radius 3 is 2.43 bits per heavy atom. The van der Waals surface area contributed by atoms with Gasteiger partial charge in [0.05, 0.1) is 11.3 Å². The van der Waals surface area contributed by atoms with E-state index in [1.807, 2.05) is 6.07 Å². The number of nitrogens with one attached hydrogen (secondary N) is 2. The topological polar surface area (TPSA) is 49.8 Å². The van der Waals surface area contributed by atoms with Gasteiger partial charge in [0.25, 0.3) is 0 Å². The average Bonchev–Trinajstić information content (AvgIpc) is 3.48. The predicted molar refractivity (Wildman–Crippen MR) is 104 cm³/mol. The Morgan fingerprint density at radius 2 is 1.75 bits per heavy atom. The Labute approximate surface area is 163 Å². The summed E-state index contributed by atoms with van der Waals surface area (Å²) in [6, 6.07) is 6.40. The summed E-state index contributed by atoms with van der Waals surface area (Å²) < 4.78 is 39.6. The van der Waals surface area contributed by atoms with Crippen molar-refractivity contribution < 1.29 is 13.2 Å². The van der Waals surface area contributed by atoms with E-state index in [1.54, 1.807) is 6.07 Å². The molecule has 2 N–H and O–H groups in total. The normalized spacial score (nSPS) is 18.1. The molecule has 0 bridgehead atoms. The van der Waals surface area contributed by atoms with Gasteiger partial charge in [-0.2, -0.15) is 18.2 Å². The lowest BCUT2D eigenvalue weighted by molar-refractivity contribution is -0.138. The summed E-state index contributed by atoms with van der Waals surface area (Å²) in [7, 11) is 0. The van der Waals surface area contributed by atoms with Gasteiger partial charge in [-0.1, -0.05) is 25.3 Å². The highest BCUT2D eigenvalue weighted by atomic mass is 19.4. The Morgan fingerprint density at radius 1 is 1.00 bits per heavy atom. The maximum absolute atomic E-state index is 13.2. The van der Waals surface area contributed by atoms with Gasteiger partial charge >= 0.3 is 6.18 Å². The van der Waals surface area contributed by atoms with Crippen LogP contribution in [0, 0.1) is 6.92 Å². The Balaban J connectivity index is 1.60. The number of halogens is 3. The van der Waals surface area contributed by atoms with Crippen molar-refractivity contribution in [1.82, 2.24) is 9.97 Å². The summed E-state index contributed by atoms with van der Waals surface area (Å²) in [5.41, 5.74) is 0.914. The van der Waals surface area contributed by atoms with Crippen molar-refractivity contribution in [1.29, 1.82) is 0 Å². The van der Waals surface area contributed by atoms with Crippen LogP contribution in [0.2, 0.25) is 0 Å². The molecule has 0 aliphatic heterocycles. The minimum Gasteiger partial charge on any atom is -0.351 e. The van der Waals surface area contributed by atoms with Gasteiger partial charge < -0.3 is 10.6 Å². The highest BCUT2D eigenvalue weighted by Crippen LogP contribution is 2.41. The lowest BCUT2D eigenvalue weighted by Gasteiger charge is -2.23. The Bertz CT molecular complexity index is 840. The first-order valence-corrected chi connectivity index (χ1v) is 9.99. The molecule has 7 heteroatoms. The molecule has 1 aromatic carbocycles. The number of rotatable bonds is 5. The van der Waals surface area contributed by atoms with E-state index in [-0.39, 0.29) is 5.56 Å². The number of hydrogen-bond acceptors (Lipinski definition) is 4. The van der Waals surface area contributed by atoms with Crippen molar-refractivity contribution >= 4 is 17.5 Å². The van der Waals surface area contributed by atoms with Gasteiger partial charge in [0.2, 0.25) is 5.95 Å². The molecule has 150 valence electrons. The van der Waals surface area contributed by atoms with E-state index in [9.17, 15) is 13.2 Å². The molecule has 0 radical (unpaired) electrons. The molecule has 2 fully saturated rings. The van der Waals surface area contributed by atoms with E-state index < -0.39 is 11.7 Å². The van der Waals surface area contributed by atoms with Gasteiger partial charge in [-0.05, 0) is 50.3 Å². The zero-order chi connectivity index (χ0) is 19.7. The smallest absolute Gasteiger partial charge is 0.351 e. The lowest BCUT2D eigenvalue weighted by Crippen LogP contribution is -2.24. The van der Waals surface area contributed by atoms with Crippen molar-refractivity contribution in [2.75, 3.05) is 10.6 Å². The van der Waals surface area contributed by atoms with Gasteiger partial charge in [-0.15, -0.1) is 0 Å². The summed E-state index contributed by atoms with van der Waals surface area (Å²) in [5, 5.41) is 6.53. The van der Waals surface area contributed by atoms with Gasteiger partial charge in [0, 0.05) is 23.7 Å². The summed E-state index contributed by atoms with van der Waals surface area (Å²) in [4.78, 5) is 9.22. The first-order valence-electron chi connectivity index (χ1n) is 9.99. The quantitative estimate of drug-likeness (QED) is 0.641. The zero-order valence-electron chi connectivity index (χ0n) is 15.9. The maximum atomic E-state index is 13.2. The third-order valence-corrected chi connectivity index (χ3v) is 5.58. The molecule has 1 aromatic heterocycles. The second-order valence-corrected chi connectivity index (χ2v) is 7.86. The monoisotopic (exact) mass is 390 g/mol. The molecule has 4 rings (SSSR count). The SMILES string of the molecule is Cc1c(Nc2cc(C3CC3)nc(NC3CCCCC3)n2)cccc1C(F)(F)F. The molecule has 1 heterocycles. The van der Waals surface area contributed by atoms with E-state index >= 15 is 0 Å². The molecule has 28 heavy (non-hydrogen) atoms. The van der Waals surface area contributed by atoms with Crippen molar-refractivity contribution in [2.45, 2.75) is 70.0 Å². The molecule has 0 saturated heterocycles. The first-order chi connectivity index (χ1) is 13.4. The number of nitrogens with zero attached hydrogens (tertiary/aromatic N) is 2. The fraction of sp³-hybridized carbons (Fsp3) is 0.524. The standard InChI is InChI=1S/C21H25F3N4/c1-13-16(21(22,23)24)8-5-9-17(13)26-19-12-18(14-10-11-14)27-20(28-19)25-15-6-3-2-4-7-15/h5,8-9,12,14-15H,2-4,6-7,10-11H2,1H3,(H2,25,26,27,28). The summed E-state index contributed by atoms with van der Waals surface area (Å²) in [5.74, 6) is 1.54. The van der Waals surface area contributed by atoms with Crippen LogP contribution in [-0.2, 0) is 6.18 Å². The molecular weight excluding hydrogens is 365 g/mol. The van der Waals surface area contributed by atoms with Crippen molar-refractivity contribution in [2.24, 2.45) is 0 Å². The van der Waals surface area contributed by atoms with E-state index in [4.69, 9.17) is 0 Å². The predicted octanol–water partition coefficient (Wildman–Crippen LogP) is 6.17. The van der Waals surface area contributed by atoms with Crippen LogP contribution in [-0.4, -0.2) is 16.0 Å². The molecule has 2 aliphatic carbocycles. The molecular formula is C21H25F3N4. The zero-order valence-corrected chi connectivity index (χ0v) is 15.9. The van der Waals surface area contributed by atoms with E-state index in [0.29, 0.717) is 29.4 Å². The van der Waals surface area contributed by atoms with Crippen LogP contribution in [0.4, 0.5) is 30.6 Å². The van der Waals surface area contributed by atoms with Crippen LogP contribution >= 0.6 is 0 Å². The van der Waals surface area contributed by atoms with Gasteiger partial charge in [0.15, 0.2) is 0 Å². The molecule has 0 unspecified atom stereocenters. The van der Waals surface area contributed by atoms with E-state index in [2.05, 4.69) is 20.6 Å². The number of anilines is 3. The van der Waals surface area contributed by atoms with Gasteiger partial charge in [-0.25, -0.2) is 4.98 Å². The summed E-state index contributed by atoms with van der Waals surface area (Å²) >= 11 is 0. The molecule has 2 saturated carbocycles. The molecule has 4 nitrogen and oxygen atoms in total. The van der Waals surface area contributed by atoms with E-state index in [0.717, 1.165) is 37.4 Å². The average molecular weight is 390 g/mol. The largest absolute Gasteiger partial charge is 0.416 e. The van der Waals surface area contributed by atoms with Crippen LogP contribution < -0.4 is 10.6 Å². The minimum absolute atomic E-state index is 0.170. The van der Waals surface area contributed by atoms with Crippen molar-refractivity contribution in [3.05, 3.63) is 41.1 Å². The van der Waals surface area contributed by atoms with Crippen LogP contribution in [0.5, 0.6) is 0 Å². The second-order valence-electron chi connectivity index (χ2n) is 7.86. The van der Waals surface area contributed by atoms with Crippen LogP contribution in [0.1, 0.15) is 67.7 Å². The van der Waals surface area contributed by atoms with Crippen LogP contribution in [0.3, 0.4) is 0 Å². The van der Waals surface area contributed by atoms with Crippen LogP contribution in [0.15, 0.2) is 24.3 Å². The van der Waals surface area contributed by atoms with Gasteiger partial charge in [0.1, 0.15) is 5.82 Å². The maximum Gasteiger partial charge on any atom is 0.416 e. The van der Waals surface area contributed by atoms with E-state index in [1.165, 1.54) is 32.3 Å². The Hall–Kier alpha value is -2.31. The number of hydrogen-bond donors (Lipinski definition) is 2. The molecule has 2 aromatic rings. The number of alkyl halides is 3. The number of benzene rings is 1. The van der Waals surface area contributed by atoms with Crippen LogP contribution in [0.25, 0.3) is 0 Å². The minimum atomic E-state index is -4.37.